The third-order valence-electron chi connectivity index (χ3n) is 1.55. The number of aryl methyl sites for hydroxylation is 1. The van der Waals surface area contributed by atoms with Gasteiger partial charge in [0.2, 0.25) is 0 Å². The monoisotopic (exact) mass is 148 g/mol. The van der Waals surface area contributed by atoms with Crippen LogP contribution in [0.15, 0.2) is 29.3 Å². The van der Waals surface area contributed by atoms with Crippen LogP contribution in [0.25, 0.3) is 0 Å². The third-order valence-corrected chi connectivity index (χ3v) is 1.55. The molecule has 0 atom stereocenters. The minimum absolute atomic E-state index is 0.591. The molecule has 11 heavy (non-hydrogen) atoms. The number of amidine groups is 1. The van der Waals surface area contributed by atoms with Crippen LogP contribution >= 0.6 is 0 Å². The van der Waals surface area contributed by atoms with Crippen molar-refractivity contribution < 1.29 is 0 Å². The maximum Gasteiger partial charge on any atom is 0.125 e. The van der Waals surface area contributed by atoms with E-state index in [4.69, 9.17) is 5.73 Å². The van der Waals surface area contributed by atoms with E-state index in [1.807, 2.05) is 31.2 Å². The lowest BCUT2D eigenvalue weighted by Crippen LogP contribution is -2.12. The highest BCUT2D eigenvalue weighted by molar-refractivity contribution is 5.97. The normalized spacial score (nSPS) is 11.6. The molecule has 0 bridgehead atoms. The summed E-state index contributed by atoms with van der Waals surface area (Å²) in [4.78, 5) is 3.89. The molecule has 2 heteroatoms. The summed E-state index contributed by atoms with van der Waals surface area (Å²) < 4.78 is 0. The van der Waals surface area contributed by atoms with Gasteiger partial charge in [0, 0.05) is 12.6 Å². The Labute approximate surface area is 66.8 Å². The molecule has 1 rings (SSSR count). The van der Waals surface area contributed by atoms with Crippen molar-refractivity contribution in [2.45, 2.75) is 6.92 Å². The molecule has 0 radical (unpaired) electrons. The van der Waals surface area contributed by atoms with E-state index in [9.17, 15) is 0 Å². The Morgan fingerprint density at radius 2 is 2.18 bits per heavy atom. The van der Waals surface area contributed by atoms with E-state index in [-0.39, 0.29) is 0 Å². The van der Waals surface area contributed by atoms with Crippen LogP contribution in [0.5, 0.6) is 0 Å². The zero-order valence-corrected chi connectivity index (χ0v) is 6.83. The molecule has 1 aromatic carbocycles. The fraction of sp³-hybridized carbons (Fsp3) is 0.222. The molecule has 0 heterocycles. The largest absolute Gasteiger partial charge is 0.384 e. The van der Waals surface area contributed by atoms with Crippen molar-refractivity contribution in [1.82, 2.24) is 0 Å². The molecule has 2 N–H and O–H groups in total. The Morgan fingerprint density at radius 3 is 2.73 bits per heavy atom. The Kier molecular flexibility index (Phi) is 2.26. The third kappa shape index (κ3) is 1.80. The molecule has 0 unspecified atom stereocenters. The molecule has 0 fully saturated rings. The van der Waals surface area contributed by atoms with Crippen LogP contribution in [0.2, 0.25) is 0 Å². The molecular weight excluding hydrogens is 136 g/mol. The van der Waals surface area contributed by atoms with Crippen LogP contribution in [0, 0.1) is 6.92 Å². The van der Waals surface area contributed by atoms with Gasteiger partial charge in [0.1, 0.15) is 5.84 Å². The van der Waals surface area contributed by atoms with Crippen molar-refractivity contribution in [1.29, 1.82) is 0 Å². The Balaban J connectivity index is 3.06. The number of hydrogen-bond acceptors (Lipinski definition) is 1. The van der Waals surface area contributed by atoms with E-state index >= 15 is 0 Å². The molecule has 0 aliphatic carbocycles. The van der Waals surface area contributed by atoms with Crippen LogP contribution in [-0.2, 0) is 0 Å². The van der Waals surface area contributed by atoms with Gasteiger partial charge in [0.15, 0.2) is 0 Å². The van der Waals surface area contributed by atoms with Gasteiger partial charge >= 0.3 is 0 Å². The molecule has 0 saturated heterocycles. The molecule has 0 aromatic heterocycles. The molecule has 2 nitrogen and oxygen atoms in total. The fourth-order valence-corrected chi connectivity index (χ4v) is 0.933. The standard InChI is InChI=1S/C9H12N2/c1-7-4-3-5-8(6-7)9(10)11-2/h3-6H,1-2H3,(H2,10,11). The van der Waals surface area contributed by atoms with Gasteiger partial charge in [-0.05, 0) is 13.0 Å². The topological polar surface area (TPSA) is 38.4 Å². The maximum atomic E-state index is 5.61. The van der Waals surface area contributed by atoms with Crippen molar-refractivity contribution in [3.63, 3.8) is 0 Å². The van der Waals surface area contributed by atoms with Crippen LogP contribution < -0.4 is 5.73 Å². The average Bonchev–Trinajstić information content (AvgIpc) is 2.03. The van der Waals surface area contributed by atoms with Gasteiger partial charge < -0.3 is 5.73 Å². The zero-order valence-electron chi connectivity index (χ0n) is 6.83. The second kappa shape index (κ2) is 3.19. The summed E-state index contributed by atoms with van der Waals surface area (Å²) >= 11 is 0. The van der Waals surface area contributed by atoms with Crippen LogP contribution in [0.3, 0.4) is 0 Å². The number of aliphatic imine (C=N–C) groups is 1. The van der Waals surface area contributed by atoms with Crippen LogP contribution in [0.1, 0.15) is 11.1 Å². The SMILES string of the molecule is CN=C(N)c1cccc(C)c1. The Bertz CT molecular complexity index is 277. The number of hydrogen-bond donors (Lipinski definition) is 1. The summed E-state index contributed by atoms with van der Waals surface area (Å²) in [5.41, 5.74) is 7.81. The lowest BCUT2D eigenvalue weighted by Gasteiger charge is -1.99. The highest BCUT2D eigenvalue weighted by atomic mass is 14.8. The van der Waals surface area contributed by atoms with Crippen molar-refractivity contribution in [2.24, 2.45) is 10.7 Å². The number of nitrogens with zero attached hydrogens (tertiary/aromatic N) is 1. The van der Waals surface area contributed by atoms with Gasteiger partial charge in [-0.2, -0.15) is 0 Å². The lowest BCUT2D eigenvalue weighted by molar-refractivity contribution is 1.37. The summed E-state index contributed by atoms with van der Waals surface area (Å²) in [5.74, 6) is 0.591. The van der Waals surface area contributed by atoms with E-state index < -0.39 is 0 Å². The predicted octanol–water partition coefficient (Wildman–Crippen LogP) is 1.33. The van der Waals surface area contributed by atoms with Crippen molar-refractivity contribution in [3.8, 4) is 0 Å². The second-order valence-corrected chi connectivity index (χ2v) is 2.48. The van der Waals surface area contributed by atoms with Gasteiger partial charge in [-0.15, -0.1) is 0 Å². The predicted molar refractivity (Wildman–Crippen MR) is 47.8 cm³/mol. The van der Waals surface area contributed by atoms with E-state index in [1.165, 1.54) is 5.56 Å². The molecule has 0 amide bonds. The van der Waals surface area contributed by atoms with Crippen molar-refractivity contribution >= 4 is 5.84 Å². The number of benzene rings is 1. The van der Waals surface area contributed by atoms with Gasteiger partial charge in [-0.3, -0.25) is 4.99 Å². The minimum Gasteiger partial charge on any atom is -0.384 e. The quantitative estimate of drug-likeness (QED) is 0.473. The van der Waals surface area contributed by atoms with Crippen LogP contribution in [-0.4, -0.2) is 12.9 Å². The van der Waals surface area contributed by atoms with E-state index in [1.54, 1.807) is 7.05 Å². The van der Waals surface area contributed by atoms with Crippen molar-refractivity contribution in [3.05, 3.63) is 35.4 Å². The molecule has 0 spiro atoms. The first-order valence-electron chi connectivity index (χ1n) is 3.53. The molecule has 0 saturated carbocycles. The van der Waals surface area contributed by atoms with Gasteiger partial charge in [-0.25, -0.2) is 0 Å². The maximum absolute atomic E-state index is 5.61. The summed E-state index contributed by atoms with van der Waals surface area (Å²) in [6, 6.07) is 7.98. The molecule has 1 aromatic rings. The highest BCUT2D eigenvalue weighted by Crippen LogP contribution is 2.02. The van der Waals surface area contributed by atoms with E-state index in [0.717, 1.165) is 5.56 Å². The highest BCUT2D eigenvalue weighted by Gasteiger charge is 1.94. The second-order valence-electron chi connectivity index (χ2n) is 2.48. The summed E-state index contributed by atoms with van der Waals surface area (Å²) in [6.45, 7) is 2.03. The molecule has 0 aliphatic rings. The summed E-state index contributed by atoms with van der Waals surface area (Å²) in [6.07, 6.45) is 0. The zero-order chi connectivity index (χ0) is 8.27. The van der Waals surface area contributed by atoms with Crippen LogP contribution in [0.4, 0.5) is 0 Å². The fourth-order valence-electron chi connectivity index (χ4n) is 0.933. The first kappa shape index (κ1) is 7.79. The Morgan fingerprint density at radius 1 is 1.45 bits per heavy atom. The average molecular weight is 148 g/mol. The van der Waals surface area contributed by atoms with Gasteiger partial charge in [0.05, 0.1) is 0 Å². The van der Waals surface area contributed by atoms with E-state index in [0.29, 0.717) is 5.84 Å². The molecular formula is C9H12N2. The van der Waals surface area contributed by atoms with Gasteiger partial charge in [-0.1, -0.05) is 23.8 Å². The summed E-state index contributed by atoms with van der Waals surface area (Å²) in [5, 5.41) is 0. The first-order valence-corrected chi connectivity index (χ1v) is 3.53. The molecule has 58 valence electrons. The number of nitrogens with two attached hydrogens (primary N) is 1. The Hall–Kier alpha value is -1.31. The smallest absolute Gasteiger partial charge is 0.125 e. The van der Waals surface area contributed by atoms with Crippen molar-refractivity contribution in [2.75, 3.05) is 7.05 Å². The minimum atomic E-state index is 0.591. The van der Waals surface area contributed by atoms with Gasteiger partial charge in [0.25, 0.3) is 0 Å². The number of rotatable bonds is 1. The summed E-state index contributed by atoms with van der Waals surface area (Å²) in [7, 11) is 1.69. The first-order chi connectivity index (χ1) is 5.24. The molecule has 0 aliphatic heterocycles. The lowest BCUT2D eigenvalue weighted by atomic mass is 10.1. The van der Waals surface area contributed by atoms with E-state index in [2.05, 4.69) is 4.99 Å².